The Balaban J connectivity index is 0.00000220. The Morgan fingerprint density at radius 3 is 2.81 bits per heavy atom. The smallest absolute Gasteiger partial charge is 0.235 e. The van der Waals surface area contributed by atoms with Crippen molar-refractivity contribution in [2.75, 3.05) is 18.8 Å². The number of halogens is 2. The minimum Gasteiger partial charge on any atom is -0.351 e. The molecular weight excluding hydrogens is 380 g/mol. The quantitative estimate of drug-likeness (QED) is 0.784. The van der Waals surface area contributed by atoms with Crippen molar-refractivity contribution in [1.82, 2.24) is 10.6 Å². The van der Waals surface area contributed by atoms with Crippen molar-refractivity contribution in [2.45, 2.75) is 18.2 Å². The summed E-state index contributed by atoms with van der Waals surface area (Å²) in [5.41, 5.74) is 0.676. The highest BCUT2D eigenvalue weighted by molar-refractivity contribution is 9.10. The van der Waals surface area contributed by atoms with E-state index >= 15 is 0 Å². The number of benzene rings is 1. The molecule has 0 aliphatic carbocycles. The Bertz CT molecular complexity index is 589. The molecule has 0 radical (unpaired) electrons. The van der Waals surface area contributed by atoms with Crippen LogP contribution in [0.2, 0.25) is 0 Å². The van der Waals surface area contributed by atoms with E-state index in [1.165, 1.54) is 0 Å². The highest BCUT2D eigenvalue weighted by Crippen LogP contribution is 2.14. The van der Waals surface area contributed by atoms with Gasteiger partial charge < -0.3 is 10.6 Å². The number of sulfone groups is 1. The normalized spacial score (nSPS) is 18.0. The van der Waals surface area contributed by atoms with E-state index in [2.05, 4.69) is 26.6 Å². The van der Waals surface area contributed by atoms with Crippen LogP contribution in [0.3, 0.4) is 0 Å². The molecule has 0 bridgehead atoms. The molecule has 1 unspecified atom stereocenters. The van der Waals surface area contributed by atoms with Crippen LogP contribution < -0.4 is 10.6 Å². The van der Waals surface area contributed by atoms with E-state index in [0.717, 1.165) is 17.4 Å². The summed E-state index contributed by atoms with van der Waals surface area (Å²) in [4.78, 5) is 11.7. The van der Waals surface area contributed by atoms with Gasteiger partial charge in [-0.3, -0.25) is 4.79 Å². The molecule has 8 heteroatoms. The van der Waals surface area contributed by atoms with Crippen LogP contribution in [0.15, 0.2) is 28.7 Å². The van der Waals surface area contributed by atoms with Gasteiger partial charge >= 0.3 is 0 Å². The number of nitrogens with one attached hydrogen (secondary N) is 2. The van der Waals surface area contributed by atoms with Gasteiger partial charge in [0.25, 0.3) is 0 Å². The molecule has 21 heavy (non-hydrogen) atoms. The summed E-state index contributed by atoms with van der Waals surface area (Å²) < 4.78 is 24.8. The fourth-order valence-corrected chi connectivity index (χ4v) is 3.90. The van der Waals surface area contributed by atoms with Gasteiger partial charge in [0.15, 0.2) is 9.84 Å². The predicted octanol–water partition coefficient (Wildman–Crippen LogP) is 1.26. The standard InChI is InChI=1S/C13H17BrN2O3S.ClH/c14-11-3-1-2-10(6-11)8-20(18,19)9-13(17)16-12-4-5-15-7-12;/h1-3,6,12,15H,4-5,7-9H2,(H,16,17);1H. The van der Waals surface area contributed by atoms with Gasteiger partial charge in [-0.1, -0.05) is 28.1 Å². The van der Waals surface area contributed by atoms with Crippen molar-refractivity contribution in [1.29, 1.82) is 0 Å². The van der Waals surface area contributed by atoms with E-state index in [1.54, 1.807) is 18.2 Å². The first kappa shape index (κ1) is 18.4. The second-order valence-corrected chi connectivity index (χ2v) is 7.90. The second kappa shape index (κ2) is 8.12. The molecule has 5 nitrogen and oxygen atoms in total. The summed E-state index contributed by atoms with van der Waals surface area (Å²) in [5.74, 6) is -1.01. The molecule has 1 atom stereocenters. The van der Waals surface area contributed by atoms with Crippen LogP contribution in [0.5, 0.6) is 0 Å². The van der Waals surface area contributed by atoms with Gasteiger partial charge in [-0.15, -0.1) is 12.4 Å². The zero-order chi connectivity index (χ0) is 14.6. The molecule has 2 rings (SSSR count). The van der Waals surface area contributed by atoms with Crippen molar-refractivity contribution in [2.24, 2.45) is 0 Å². The molecule has 1 saturated heterocycles. The van der Waals surface area contributed by atoms with Crippen LogP contribution >= 0.6 is 28.3 Å². The monoisotopic (exact) mass is 396 g/mol. The van der Waals surface area contributed by atoms with Gasteiger partial charge in [-0.05, 0) is 30.7 Å². The lowest BCUT2D eigenvalue weighted by atomic mass is 10.2. The fraction of sp³-hybridized carbons (Fsp3) is 0.462. The molecule has 0 spiro atoms. The van der Waals surface area contributed by atoms with E-state index in [1.807, 2.05) is 6.07 Å². The molecule has 1 fully saturated rings. The molecule has 118 valence electrons. The van der Waals surface area contributed by atoms with Crippen molar-refractivity contribution in [3.63, 3.8) is 0 Å². The number of carbonyl (C=O) groups is 1. The van der Waals surface area contributed by atoms with Gasteiger partial charge in [-0.2, -0.15) is 0 Å². The van der Waals surface area contributed by atoms with Gasteiger partial charge in [0.2, 0.25) is 5.91 Å². The maximum absolute atomic E-state index is 12.0. The first-order valence-corrected chi connectivity index (χ1v) is 9.01. The first-order chi connectivity index (χ1) is 9.44. The Morgan fingerprint density at radius 1 is 1.43 bits per heavy atom. The third-order valence-corrected chi connectivity index (χ3v) is 5.02. The minimum atomic E-state index is -3.45. The number of amides is 1. The highest BCUT2D eigenvalue weighted by Gasteiger charge is 2.21. The molecule has 0 saturated carbocycles. The lowest BCUT2D eigenvalue weighted by Crippen LogP contribution is -2.39. The third kappa shape index (κ3) is 6.34. The van der Waals surface area contributed by atoms with Crippen LogP contribution in [0.1, 0.15) is 12.0 Å². The summed E-state index contributed by atoms with van der Waals surface area (Å²) in [6.45, 7) is 1.56. The molecule has 2 N–H and O–H groups in total. The summed E-state index contributed by atoms with van der Waals surface area (Å²) in [6.07, 6.45) is 0.845. The van der Waals surface area contributed by atoms with Crippen LogP contribution in [0.25, 0.3) is 0 Å². The Hall–Kier alpha value is -0.630. The van der Waals surface area contributed by atoms with E-state index in [4.69, 9.17) is 0 Å². The lowest BCUT2D eigenvalue weighted by Gasteiger charge is -2.11. The molecule has 1 amide bonds. The zero-order valence-electron chi connectivity index (χ0n) is 11.3. The molecule has 1 aromatic carbocycles. The summed E-state index contributed by atoms with van der Waals surface area (Å²) >= 11 is 3.30. The Labute approximate surface area is 139 Å². The Morgan fingerprint density at radius 2 is 2.19 bits per heavy atom. The van der Waals surface area contributed by atoms with Crippen LogP contribution in [-0.2, 0) is 20.4 Å². The number of carbonyl (C=O) groups excluding carboxylic acids is 1. The molecule has 0 aromatic heterocycles. The molecular formula is C13H18BrClN2O3S. The summed E-state index contributed by atoms with van der Waals surface area (Å²) in [7, 11) is -3.45. The van der Waals surface area contributed by atoms with Gasteiger partial charge in [0.05, 0.1) is 5.75 Å². The number of rotatable bonds is 5. The summed E-state index contributed by atoms with van der Waals surface area (Å²) in [5, 5.41) is 5.86. The van der Waals surface area contributed by atoms with Crippen molar-refractivity contribution in [3.8, 4) is 0 Å². The van der Waals surface area contributed by atoms with Crippen molar-refractivity contribution < 1.29 is 13.2 Å². The molecule has 1 aliphatic rings. The zero-order valence-corrected chi connectivity index (χ0v) is 14.6. The molecule has 1 aliphatic heterocycles. The molecule has 1 aromatic rings. The fourth-order valence-electron chi connectivity index (χ4n) is 2.18. The maximum Gasteiger partial charge on any atom is 0.235 e. The lowest BCUT2D eigenvalue weighted by molar-refractivity contribution is -0.119. The van der Waals surface area contributed by atoms with E-state index < -0.39 is 21.5 Å². The van der Waals surface area contributed by atoms with Gasteiger partial charge in [-0.25, -0.2) is 8.42 Å². The largest absolute Gasteiger partial charge is 0.351 e. The van der Waals surface area contributed by atoms with Crippen molar-refractivity contribution in [3.05, 3.63) is 34.3 Å². The SMILES string of the molecule is Cl.O=C(CS(=O)(=O)Cc1cccc(Br)c1)NC1CCNC1. The highest BCUT2D eigenvalue weighted by atomic mass is 79.9. The first-order valence-electron chi connectivity index (χ1n) is 6.39. The van der Waals surface area contributed by atoms with E-state index in [9.17, 15) is 13.2 Å². The third-order valence-electron chi connectivity index (χ3n) is 3.05. The van der Waals surface area contributed by atoms with Gasteiger partial charge in [0, 0.05) is 17.1 Å². The summed E-state index contributed by atoms with van der Waals surface area (Å²) in [6, 6.07) is 7.13. The van der Waals surface area contributed by atoms with Crippen LogP contribution in [0, 0.1) is 0 Å². The average Bonchev–Trinajstić information content (AvgIpc) is 2.79. The topological polar surface area (TPSA) is 75.3 Å². The van der Waals surface area contributed by atoms with E-state index in [-0.39, 0.29) is 24.2 Å². The van der Waals surface area contributed by atoms with Crippen LogP contribution in [0.4, 0.5) is 0 Å². The van der Waals surface area contributed by atoms with E-state index in [0.29, 0.717) is 12.1 Å². The number of hydrogen-bond acceptors (Lipinski definition) is 4. The van der Waals surface area contributed by atoms with Gasteiger partial charge in [0.1, 0.15) is 5.75 Å². The van der Waals surface area contributed by atoms with Crippen molar-refractivity contribution >= 4 is 44.1 Å². The predicted molar refractivity (Wildman–Crippen MR) is 88.3 cm³/mol. The second-order valence-electron chi connectivity index (χ2n) is 4.92. The maximum atomic E-state index is 12.0. The Kier molecular flexibility index (Phi) is 7.12. The molecule has 1 heterocycles. The van der Waals surface area contributed by atoms with Crippen LogP contribution in [-0.4, -0.2) is 39.2 Å². The number of hydrogen-bond donors (Lipinski definition) is 2. The average molecular weight is 398 g/mol. The minimum absolute atomic E-state index is 0.